The number of esters is 1. The summed E-state index contributed by atoms with van der Waals surface area (Å²) < 4.78 is 10.6. The lowest BCUT2D eigenvalue weighted by atomic mass is 9.93. The van der Waals surface area contributed by atoms with E-state index in [-0.39, 0.29) is 18.0 Å². The zero-order chi connectivity index (χ0) is 18.4. The molecule has 2 aliphatic rings. The van der Waals surface area contributed by atoms with Gasteiger partial charge in [0.05, 0.1) is 12.5 Å². The van der Waals surface area contributed by atoms with Gasteiger partial charge in [-0.05, 0) is 72.4 Å². The van der Waals surface area contributed by atoms with Gasteiger partial charge >= 0.3 is 12.1 Å². The summed E-state index contributed by atoms with van der Waals surface area (Å²) >= 11 is 0. The number of rotatable bonds is 4. The van der Waals surface area contributed by atoms with E-state index >= 15 is 0 Å². The van der Waals surface area contributed by atoms with Crippen molar-refractivity contribution in [3.05, 3.63) is 0 Å². The first kappa shape index (κ1) is 20.0. The molecule has 6 heteroatoms. The summed E-state index contributed by atoms with van der Waals surface area (Å²) in [6.45, 7) is 12.6. The van der Waals surface area contributed by atoms with Crippen molar-refractivity contribution < 1.29 is 19.1 Å². The van der Waals surface area contributed by atoms with Gasteiger partial charge < -0.3 is 19.3 Å². The number of piperidine rings is 2. The molecule has 2 fully saturated rings. The van der Waals surface area contributed by atoms with Gasteiger partial charge in [0.2, 0.25) is 0 Å². The number of carbonyl (C=O) groups excluding carboxylic acids is 2. The van der Waals surface area contributed by atoms with Crippen molar-refractivity contribution in [3.8, 4) is 0 Å². The Bertz CT molecular complexity index is 445. The molecule has 2 aliphatic heterocycles. The Morgan fingerprint density at radius 3 is 2.12 bits per heavy atom. The van der Waals surface area contributed by atoms with Crippen LogP contribution in [0.25, 0.3) is 0 Å². The molecule has 144 valence electrons. The second kappa shape index (κ2) is 8.88. The maximum atomic E-state index is 12.1. The summed E-state index contributed by atoms with van der Waals surface area (Å²) in [5.74, 6) is 0.663. The molecule has 0 saturated carbocycles. The first-order valence-electron chi connectivity index (χ1n) is 9.65. The van der Waals surface area contributed by atoms with E-state index in [1.807, 2.05) is 32.6 Å². The smallest absolute Gasteiger partial charge is 0.410 e. The Morgan fingerprint density at radius 1 is 1.00 bits per heavy atom. The fourth-order valence-electron chi connectivity index (χ4n) is 3.60. The molecule has 0 atom stereocenters. The normalized spacial score (nSPS) is 21.2. The highest BCUT2D eigenvalue weighted by Gasteiger charge is 2.30. The molecule has 2 saturated heterocycles. The summed E-state index contributed by atoms with van der Waals surface area (Å²) in [7, 11) is 0. The highest BCUT2D eigenvalue weighted by molar-refractivity contribution is 5.72. The van der Waals surface area contributed by atoms with E-state index in [1.54, 1.807) is 0 Å². The van der Waals surface area contributed by atoms with E-state index < -0.39 is 5.60 Å². The number of hydrogen-bond donors (Lipinski definition) is 0. The van der Waals surface area contributed by atoms with Crippen LogP contribution >= 0.6 is 0 Å². The Balaban J connectivity index is 1.67. The summed E-state index contributed by atoms with van der Waals surface area (Å²) in [5.41, 5.74) is -0.433. The van der Waals surface area contributed by atoms with E-state index in [4.69, 9.17) is 9.47 Å². The second-order valence-electron chi connectivity index (χ2n) is 8.24. The van der Waals surface area contributed by atoms with Crippen LogP contribution in [-0.2, 0) is 14.3 Å². The van der Waals surface area contributed by atoms with Crippen LogP contribution in [0.3, 0.4) is 0 Å². The molecule has 2 heterocycles. The minimum atomic E-state index is -0.433. The molecule has 0 spiro atoms. The van der Waals surface area contributed by atoms with Crippen molar-refractivity contribution in [1.29, 1.82) is 0 Å². The number of carbonyl (C=O) groups is 2. The minimum Gasteiger partial charge on any atom is -0.466 e. The molecule has 25 heavy (non-hydrogen) atoms. The SMILES string of the molecule is CCOC(=O)C1CCN(CC2CCN(C(=O)OC(C)(C)C)CC2)CC1. The number of hydrogen-bond acceptors (Lipinski definition) is 5. The van der Waals surface area contributed by atoms with Crippen molar-refractivity contribution in [2.24, 2.45) is 11.8 Å². The molecule has 0 aromatic rings. The first-order valence-corrected chi connectivity index (χ1v) is 9.65. The quantitative estimate of drug-likeness (QED) is 0.727. The molecule has 6 nitrogen and oxygen atoms in total. The number of nitrogens with zero attached hydrogens (tertiary/aromatic N) is 2. The highest BCUT2D eigenvalue weighted by atomic mass is 16.6. The molecule has 0 radical (unpaired) electrons. The summed E-state index contributed by atoms with van der Waals surface area (Å²) in [5, 5.41) is 0. The molecular formula is C19H34N2O4. The third-order valence-corrected chi connectivity index (χ3v) is 4.99. The summed E-state index contributed by atoms with van der Waals surface area (Å²) in [4.78, 5) is 28.2. The van der Waals surface area contributed by atoms with Crippen molar-refractivity contribution in [3.63, 3.8) is 0 Å². The van der Waals surface area contributed by atoms with E-state index in [2.05, 4.69) is 4.90 Å². The predicted molar refractivity (Wildman–Crippen MR) is 96.3 cm³/mol. The third kappa shape index (κ3) is 6.49. The average molecular weight is 354 g/mol. The van der Waals surface area contributed by atoms with Crippen LogP contribution in [0.4, 0.5) is 4.79 Å². The van der Waals surface area contributed by atoms with Crippen LogP contribution in [0.5, 0.6) is 0 Å². The topological polar surface area (TPSA) is 59.1 Å². The second-order valence-corrected chi connectivity index (χ2v) is 8.24. The van der Waals surface area contributed by atoms with E-state index in [0.717, 1.165) is 58.4 Å². The minimum absolute atomic E-state index is 0.0344. The molecule has 0 aromatic carbocycles. The Kier molecular flexibility index (Phi) is 7.11. The Morgan fingerprint density at radius 2 is 1.60 bits per heavy atom. The summed E-state index contributed by atoms with van der Waals surface area (Å²) in [6, 6.07) is 0. The first-order chi connectivity index (χ1) is 11.8. The van der Waals surface area contributed by atoms with Gasteiger partial charge in [-0.15, -0.1) is 0 Å². The van der Waals surface area contributed by atoms with Crippen molar-refractivity contribution in [2.45, 2.75) is 59.0 Å². The van der Waals surface area contributed by atoms with Gasteiger partial charge in [0.25, 0.3) is 0 Å². The fourth-order valence-corrected chi connectivity index (χ4v) is 3.60. The van der Waals surface area contributed by atoms with Gasteiger partial charge in [-0.1, -0.05) is 0 Å². The van der Waals surface area contributed by atoms with Crippen LogP contribution in [0.1, 0.15) is 53.4 Å². The lowest BCUT2D eigenvalue weighted by Gasteiger charge is -2.37. The molecular weight excluding hydrogens is 320 g/mol. The third-order valence-electron chi connectivity index (χ3n) is 4.99. The summed E-state index contributed by atoms with van der Waals surface area (Å²) in [6.07, 6.45) is 3.65. The van der Waals surface area contributed by atoms with Crippen LogP contribution in [0.15, 0.2) is 0 Å². The molecule has 0 bridgehead atoms. The van der Waals surface area contributed by atoms with Crippen LogP contribution in [0.2, 0.25) is 0 Å². The van der Waals surface area contributed by atoms with Crippen molar-refractivity contribution in [2.75, 3.05) is 39.3 Å². The number of ether oxygens (including phenoxy) is 2. The van der Waals surface area contributed by atoms with Crippen molar-refractivity contribution >= 4 is 12.1 Å². The van der Waals surface area contributed by atoms with E-state index in [9.17, 15) is 9.59 Å². The van der Waals surface area contributed by atoms with Gasteiger partial charge in [0.15, 0.2) is 0 Å². The molecule has 2 rings (SSSR count). The maximum Gasteiger partial charge on any atom is 0.410 e. The van der Waals surface area contributed by atoms with Gasteiger partial charge in [0, 0.05) is 19.6 Å². The highest BCUT2D eigenvalue weighted by Crippen LogP contribution is 2.24. The molecule has 0 aliphatic carbocycles. The zero-order valence-corrected chi connectivity index (χ0v) is 16.3. The van der Waals surface area contributed by atoms with Crippen LogP contribution in [-0.4, -0.2) is 66.8 Å². The average Bonchev–Trinajstić information content (AvgIpc) is 2.55. The number of amides is 1. The van der Waals surface area contributed by atoms with Gasteiger partial charge in [-0.25, -0.2) is 4.79 Å². The lowest BCUT2D eigenvalue weighted by Crippen LogP contribution is -2.45. The molecule has 0 N–H and O–H groups in total. The fraction of sp³-hybridized carbons (Fsp3) is 0.895. The van der Waals surface area contributed by atoms with Gasteiger partial charge in [0.1, 0.15) is 5.60 Å². The van der Waals surface area contributed by atoms with Crippen molar-refractivity contribution in [1.82, 2.24) is 9.80 Å². The van der Waals surface area contributed by atoms with E-state index in [0.29, 0.717) is 12.5 Å². The Hall–Kier alpha value is -1.30. The molecule has 0 unspecified atom stereocenters. The van der Waals surface area contributed by atoms with E-state index in [1.165, 1.54) is 0 Å². The largest absolute Gasteiger partial charge is 0.466 e. The van der Waals surface area contributed by atoms with Gasteiger partial charge in [-0.3, -0.25) is 4.79 Å². The molecule has 0 aromatic heterocycles. The maximum absolute atomic E-state index is 12.1. The monoisotopic (exact) mass is 354 g/mol. The zero-order valence-electron chi connectivity index (χ0n) is 16.3. The van der Waals surface area contributed by atoms with Crippen LogP contribution < -0.4 is 0 Å². The van der Waals surface area contributed by atoms with Crippen LogP contribution in [0, 0.1) is 11.8 Å². The number of likely N-dealkylation sites (tertiary alicyclic amines) is 2. The molecule has 1 amide bonds. The lowest BCUT2D eigenvalue weighted by molar-refractivity contribution is -0.149. The predicted octanol–water partition coefficient (Wildman–Crippen LogP) is 2.91. The standard InChI is InChI=1S/C19H34N2O4/c1-5-24-17(22)16-8-10-20(11-9-16)14-15-6-12-21(13-7-15)18(23)25-19(2,3)4/h15-16H,5-14H2,1-4H3. The van der Waals surface area contributed by atoms with Gasteiger partial charge in [-0.2, -0.15) is 0 Å². The Labute approximate surface area is 151 Å².